The summed E-state index contributed by atoms with van der Waals surface area (Å²) >= 11 is 0. The van der Waals surface area contributed by atoms with Gasteiger partial charge in [0.1, 0.15) is 0 Å². The van der Waals surface area contributed by atoms with Crippen molar-refractivity contribution in [3.63, 3.8) is 0 Å². The first kappa shape index (κ1) is 16.6. The Kier molecular flexibility index (Phi) is 6.52. The Hall–Kier alpha value is -1.75. The van der Waals surface area contributed by atoms with E-state index in [1.807, 2.05) is 18.2 Å². The zero-order valence-electron chi connectivity index (χ0n) is 13.4. The molecule has 1 aliphatic heterocycles. The fraction of sp³-hybridized carbons (Fsp3) is 0.588. The van der Waals surface area contributed by atoms with E-state index < -0.39 is 0 Å². The van der Waals surface area contributed by atoms with Gasteiger partial charge >= 0.3 is 0 Å². The highest BCUT2D eigenvalue weighted by Crippen LogP contribution is 2.27. The first-order chi connectivity index (χ1) is 10.7. The van der Waals surface area contributed by atoms with Crippen LogP contribution in [0.15, 0.2) is 18.2 Å². The lowest BCUT2D eigenvalue weighted by molar-refractivity contribution is -0.122. The molecule has 0 atom stereocenters. The number of ether oxygens (including phenoxy) is 3. The molecule has 1 heterocycles. The second-order valence-electron chi connectivity index (χ2n) is 5.55. The number of carbonyl (C=O) groups excluding carboxylic acids is 1. The molecular weight excluding hydrogens is 282 g/mol. The zero-order valence-corrected chi connectivity index (χ0v) is 13.4. The van der Waals surface area contributed by atoms with Crippen molar-refractivity contribution in [1.29, 1.82) is 0 Å². The summed E-state index contributed by atoms with van der Waals surface area (Å²) in [4.78, 5) is 11.9. The fourth-order valence-corrected chi connectivity index (χ4v) is 2.67. The van der Waals surface area contributed by atoms with Crippen LogP contribution in [-0.2, 0) is 16.0 Å². The van der Waals surface area contributed by atoms with Crippen LogP contribution in [0.3, 0.4) is 0 Å². The molecule has 0 saturated carbocycles. The summed E-state index contributed by atoms with van der Waals surface area (Å²) in [7, 11) is 3.24. The molecule has 0 aliphatic carbocycles. The fourth-order valence-electron chi connectivity index (χ4n) is 2.67. The largest absolute Gasteiger partial charge is 0.493 e. The van der Waals surface area contributed by atoms with Crippen molar-refractivity contribution in [2.75, 3.05) is 34.0 Å². The second-order valence-corrected chi connectivity index (χ2v) is 5.55. The molecular formula is C17H25NO4. The third-order valence-corrected chi connectivity index (χ3v) is 4.00. The Morgan fingerprint density at radius 1 is 1.23 bits per heavy atom. The Morgan fingerprint density at radius 3 is 2.64 bits per heavy atom. The molecule has 0 aromatic heterocycles. The number of hydrogen-bond acceptors (Lipinski definition) is 4. The quantitative estimate of drug-likeness (QED) is 0.839. The van der Waals surface area contributed by atoms with Crippen molar-refractivity contribution in [1.82, 2.24) is 5.32 Å². The topological polar surface area (TPSA) is 56.8 Å². The molecule has 1 saturated heterocycles. The Balaban J connectivity index is 1.74. The average molecular weight is 307 g/mol. The van der Waals surface area contributed by atoms with Gasteiger partial charge in [0.15, 0.2) is 11.5 Å². The minimum Gasteiger partial charge on any atom is -0.493 e. The number of amides is 1. The molecule has 0 bridgehead atoms. The van der Waals surface area contributed by atoms with E-state index in [9.17, 15) is 4.79 Å². The summed E-state index contributed by atoms with van der Waals surface area (Å²) in [6.45, 7) is 2.20. The van der Waals surface area contributed by atoms with Crippen molar-refractivity contribution in [3.8, 4) is 11.5 Å². The predicted octanol–water partition coefficient (Wildman–Crippen LogP) is 2.18. The van der Waals surface area contributed by atoms with E-state index in [0.29, 0.717) is 24.6 Å². The van der Waals surface area contributed by atoms with Crippen molar-refractivity contribution in [2.45, 2.75) is 25.7 Å². The lowest BCUT2D eigenvalue weighted by Crippen LogP contribution is -2.29. The van der Waals surface area contributed by atoms with E-state index in [4.69, 9.17) is 14.2 Å². The molecule has 5 nitrogen and oxygen atoms in total. The number of benzene rings is 1. The van der Waals surface area contributed by atoms with Gasteiger partial charge in [0.25, 0.3) is 0 Å². The van der Waals surface area contributed by atoms with E-state index in [-0.39, 0.29) is 5.91 Å². The van der Waals surface area contributed by atoms with Gasteiger partial charge in [-0.25, -0.2) is 0 Å². The summed E-state index contributed by atoms with van der Waals surface area (Å²) < 4.78 is 15.8. The molecule has 1 N–H and O–H groups in total. The van der Waals surface area contributed by atoms with Gasteiger partial charge in [0.2, 0.25) is 5.91 Å². The van der Waals surface area contributed by atoms with Crippen LogP contribution in [0.2, 0.25) is 0 Å². The lowest BCUT2D eigenvalue weighted by Gasteiger charge is -2.21. The van der Waals surface area contributed by atoms with Crippen molar-refractivity contribution in [3.05, 3.63) is 23.8 Å². The molecule has 1 aliphatic rings. The molecule has 5 heteroatoms. The third-order valence-electron chi connectivity index (χ3n) is 4.00. The number of rotatable bonds is 7. The Bertz CT molecular complexity index is 484. The highest BCUT2D eigenvalue weighted by atomic mass is 16.5. The minimum atomic E-state index is 0.132. The normalized spacial score (nSPS) is 15.4. The van der Waals surface area contributed by atoms with Gasteiger partial charge in [-0.15, -0.1) is 0 Å². The molecule has 122 valence electrons. The molecule has 1 aromatic rings. The Morgan fingerprint density at radius 2 is 1.95 bits per heavy atom. The van der Waals surface area contributed by atoms with Gasteiger partial charge in [0, 0.05) is 26.2 Å². The molecule has 0 spiro atoms. The molecule has 1 aromatic carbocycles. The van der Waals surface area contributed by atoms with Crippen molar-refractivity contribution < 1.29 is 19.0 Å². The summed E-state index contributed by atoms with van der Waals surface area (Å²) in [6, 6.07) is 5.83. The van der Waals surface area contributed by atoms with Crippen LogP contribution in [0.1, 0.15) is 24.8 Å². The molecule has 0 unspecified atom stereocenters. The Labute approximate surface area is 131 Å². The monoisotopic (exact) mass is 307 g/mol. The average Bonchev–Trinajstić information content (AvgIpc) is 2.55. The maximum atomic E-state index is 11.9. The highest BCUT2D eigenvalue weighted by Gasteiger charge is 2.17. The summed E-state index contributed by atoms with van der Waals surface area (Å²) in [5, 5.41) is 2.99. The van der Waals surface area contributed by atoms with Crippen molar-refractivity contribution >= 4 is 5.91 Å². The van der Waals surface area contributed by atoms with E-state index in [2.05, 4.69) is 5.32 Å². The smallest absolute Gasteiger partial charge is 0.220 e. The van der Waals surface area contributed by atoms with Crippen LogP contribution in [0.4, 0.5) is 0 Å². The van der Waals surface area contributed by atoms with Crippen LogP contribution in [0.5, 0.6) is 11.5 Å². The molecule has 1 fully saturated rings. The van der Waals surface area contributed by atoms with Crippen LogP contribution in [0.25, 0.3) is 0 Å². The van der Waals surface area contributed by atoms with Crippen molar-refractivity contribution in [2.24, 2.45) is 5.92 Å². The summed E-state index contributed by atoms with van der Waals surface area (Å²) in [6.07, 6.45) is 3.36. The standard InChI is InChI=1S/C17H25NO4/c1-20-15-4-3-13(11-16(15)21-2)5-8-18-17(19)12-14-6-9-22-10-7-14/h3-4,11,14H,5-10,12H2,1-2H3,(H,18,19). The van der Waals surface area contributed by atoms with Gasteiger partial charge in [-0.05, 0) is 42.9 Å². The number of methoxy groups -OCH3 is 2. The van der Waals surface area contributed by atoms with Crippen LogP contribution in [-0.4, -0.2) is 39.9 Å². The summed E-state index contributed by atoms with van der Waals surface area (Å²) in [5.41, 5.74) is 1.11. The maximum Gasteiger partial charge on any atom is 0.220 e. The first-order valence-electron chi connectivity index (χ1n) is 7.78. The van der Waals surface area contributed by atoms with Gasteiger partial charge in [-0.2, -0.15) is 0 Å². The number of hydrogen-bond donors (Lipinski definition) is 1. The zero-order chi connectivity index (χ0) is 15.8. The van der Waals surface area contributed by atoms with Crippen LogP contribution >= 0.6 is 0 Å². The highest BCUT2D eigenvalue weighted by molar-refractivity contribution is 5.76. The van der Waals surface area contributed by atoms with E-state index >= 15 is 0 Å². The second kappa shape index (κ2) is 8.63. The third kappa shape index (κ3) is 4.91. The predicted molar refractivity (Wildman–Crippen MR) is 84.4 cm³/mol. The molecule has 1 amide bonds. The molecule has 0 radical (unpaired) electrons. The molecule has 2 rings (SSSR count). The maximum absolute atomic E-state index is 11.9. The van der Waals surface area contributed by atoms with Crippen LogP contribution < -0.4 is 14.8 Å². The SMILES string of the molecule is COc1ccc(CCNC(=O)CC2CCOCC2)cc1OC. The lowest BCUT2D eigenvalue weighted by atomic mass is 9.96. The summed E-state index contributed by atoms with van der Waals surface area (Å²) in [5.74, 6) is 2.03. The van der Waals surface area contributed by atoms with Gasteiger partial charge in [0.05, 0.1) is 14.2 Å². The minimum absolute atomic E-state index is 0.132. The van der Waals surface area contributed by atoms with Crippen LogP contribution in [0, 0.1) is 5.92 Å². The van der Waals surface area contributed by atoms with Gasteiger partial charge in [-0.3, -0.25) is 4.79 Å². The number of carbonyl (C=O) groups is 1. The van der Waals surface area contributed by atoms with E-state index in [1.54, 1.807) is 14.2 Å². The van der Waals surface area contributed by atoms with E-state index in [0.717, 1.165) is 43.8 Å². The number of nitrogens with one attached hydrogen (secondary N) is 1. The van der Waals surface area contributed by atoms with Gasteiger partial charge in [-0.1, -0.05) is 6.07 Å². The molecule has 22 heavy (non-hydrogen) atoms. The van der Waals surface area contributed by atoms with E-state index in [1.165, 1.54) is 0 Å². The first-order valence-corrected chi connectivity index (χ1v) is 7.78. The van der Waals surface area contributed by atoms with Gasteiger partial charge < -0.3 is 19.5 Å².